The molecular weight excluding hydrogens is 444 g/mol. The Labute approximate surface area is 219 Å². The third-order valence-corrected chi connectivity index (χ3v) is 4.34. The van der Waals surface area contributed by atoms with E-state index in [-0.39, 0.29) is 5.91 Å². The van der Waals surface area contributed by atoms with Gasteiger partial charge >= 0.3 is 0 Å². The predicted molar refractivity (Wildman–Crippen MR) is 155 cm³/mol. The number of rotatable bonds is 4. The number of aryl methyl sites for hydroxylation is 4. The Hall–Kier alpha value is -4.02. The van der Waals surface area contributed by atoms with Crippen LogP contribution in [0.15, 0.2) is 59.5 Å². The van der Waals surface area contributed by atoms with E-state index < -0.39 is 0 Å². The molecule has 36 heavy (non-hydrogen) atoms. The Morgan fingerprint density at radius 2 is 1.56 bits per heavy atom. The predicted octanol–water partition coefficient (Wildman–Crippen LogP) is 8.85. The minimum absolute atomic E-state index is 0.247. The van der Waals surface area contributed by atoms with E-state index in [1.807, 2.05) is 91.8 Å². The molecule has 3 rings (SSSR count). The molecular formula is C32H42N2O2. The van der Waals surface area contributed by atoms with E-state index >= 15 is 0 Å². The summed E-state index contributed by atoms with van der Waals surface area (Å²) in [6, 6.07) is 17.6. The van der Waals surface area contributed by atoms with Crippen molar-refractivity contribution < 1.29 is 9.21 Å². The molecule has 0 aliphatic heterocycles. The van der Waals surface area contributed by atoms with Gasteiger partial charge in [-0.2, -0.15) is 5.26 Å². The van der Waals surface area contributed by atoms with E-state index in [2.05, 4.69) is 30.3 Å². The van der Waals surface area contributed by atoms with E-state index in [1.165, 1.54) is 5.56 Å². The van der Waals surface area contributed by atoms with Gasteiger partial charge in [-0.15, -0.1) is 12.3 Å². The van der Waals surface area contributed by atoms with E-state index in [1.54, 1.807) is 25.1 Å². The summed E-state index contributed by atoms with van der Waals surface area (Å²) in [5, 5.41) is 11.2. The summed E-state index contributed by atoms with van der Waals surface area (Å²) in [5.41, 5.74) is 6.16. The summed E-state index contributed by atoms with van der Waals surface area (Å²) in [6.45, 7) is 21.3. The van der Waals surface area contributed by atoms with Gasteiger partial charge in [-0.05, 0) is 69.5 Å². The highest BCUT2D eigenvalue weighted by Gasteiger charge is 2.13. The normalized spacial score (nSPS) is 8.42. The molecule has 0 saturated heterocycles. The lowest BCUT2D eigenvalue weighted by Gasteiger charge is -2.12. The van der Waals surface area contributed by atoms with Gasteiger partial charge in [0.25, 0.3) is 5.91 Å². The van der Waals surface area contributed by atoms with E-state index in [4.69, 9.17) is 9.68 Å². The monoisotopic (exact) mass is 486 g/mol. The zero-order valence-electron chi connectivity index (χ0n) is 23.5. The number of carbonyl (C=O) groups excluding carboxylic acids is 1. The van der Waals surface area contributed by atoms with Gasteiger partial charge in [0.05, 0.1) is 18.2 Å². The van der Waals surface area contributed by atoms with Crippen LogP contribution < -0.4 is 5.32 Å². The molecule has 0 unspecified atom stereocenters. The highest BCUT2D eigenvalue weighted by Crippen LogP contribution is 2.24. The Morgan fingerprint density at radius 1 is 1.00 bits per heavy atom. The number of benzene rings is 2. The van der Waals surface area contributed by atoms with Gasteiger partial charge < -0.3 is 9.73 Å². The Morgan fingerprint density at radius 3 is 2.00 bits per heavy atom. The average molecular weight is 487 g/mol. The molecule has 0 spiro atoms. The van der Waals surface area contributed by atoms with E-state index in [0.717, 1.165) is 33.7 Å². The standard InChI is InChI=1S/C16H17NO2.C9H9N.C3H4.2C2H6/c1-5-13-9-10(2)8-11(3)15(13)17-16(18)14-7-6-12(4)19-14;1-8-2-4-9(5-3-8)6-7-10;1-3-2;2*1-2/h5-9H,1H2,2-4H3,(H,17,18);2-5H,6H2,1H3;1H,2H3;2*1-2H3. The summed E-state index contributed by atoms with van der Waals surface area (Å²) in [4.78, 5) is 12.1. The second kappa shape index (κ2) is 20.4. The fourth-order valence-corrected chi connectivity index (χ4v) is 2.86. The third-order valence-electron chi connectivity index (χ3n) is 4.34. The molecule has 0 atom stereocenters. The molecule has 1 aromatic heterocycles. The lowest BCUT2D eigenvalue weighted by molar-refractivity contribution is 0.0995. The van der Waals surface area contributed by atoms with Crippen LogP contribution in [-0.4, -0.2) is 5.91 Å². The van der Waals surface area contributed by atoms with Crippen molar-refractivity contribution >= 4 is 17.7 Å². The lowest BCUT2D eigenvalue weighted by atomic mass is 10.0. The maximum absolute atomic E-state index is 12.1. The van der Waals surface area contributed by atoms with Crippen molar-refractivity contribution in [3.63, 3.8) is 0 Å². The molecule has 1 amide bonds. The minimum Gasteiger partial charge on any atom is -0.456 e. The van der Waals surface area contributed by atoms with Crippen LogP contribution in [0, 0.1) is 51.4 Å². The van der Waals surface area contributed by atoms with E-state index in [9.17, 15) is 4.79 Å². The molecule has 192 valence electrons. The van der Waals surface area contributed by atoms with E-state index in [0.29, 0.717) is 12.2 Å². The Bertz CT molecular complexity index is 1120. The first kappa shape index (κ1) is 34.1. The van der Waals surface area contributed by atoms with Crippen LogP contribution in [0.4, 0.5) is 5.69 Å². The van der Waals surface area contributed by atoms with Gasteiger partial charge in [0.2, 0.25) is 0 Å². The van der Waals surface area contributed by atoms with Gasteiger partial charge in [-0.3, -0.25) is 4.79 Å². The van der Waals surface area contributed by atoms with Crippen molar-refractivity contribution in [3.8, 4) is 18.4 Å². The van der Waals surface area contributed by atoms with Crippen molar-refractivity contribution in [1.29, 1.82) is 5.26 Å². The lowest BCUT2D eigenvalue weighted by Crippen LogP contribution is -2.13. The van der Waals surface area contributed by atoms with Crippen molar-refractivity contribution in [2.45, 2.75) is 68.7 Å². The first-order chi connectivity index (χ1) is 17.2. The van der Waals surface area contributed by atoms with Crippen molar-refractivity contribution in [1.82, 2.24) is 0 Å². The number of hydrogen-bond donors (Lipinski definition) is 1. The van der Waals surface area contributed by atoms with Crippen LogP contribution in [0.3, 0.4) is 0 Å². The fraction of sp³-hybridized carbons (Fsp3) is 0.312. The van der Waals surface area contributed by atoms with Crippen LogP contribution in [0.25, 0.3) is 6.08 Å². The molecule has 0 aliphatic carbocycles. The maximum Gasteiger partial charge on any atom is 0.291 e. The molecule has 0 saturated carbocycles. The topological polar surface area (TPSA) is 66.0 Å². The Kier molecular flexibility index (Phi) is 19.3. The molecule has 4 nitrogen and oxygen atoms in total. The first-order valence-electron chi connectivity index (χ1n) is 12.2. The highest BCUT2D eigenvalue weighted by molar-refractivity contribution is 6.03. The molecule has 1 N–H and O–H groups in total. The summed E-state index contributed by atoms with van der Waals surface area (Å²) in [7, 11) is 0. The fourth-order valence-electron chi connectivity index (χ4n) is 2.86. The number of hydrogen-bond acceptors (Lipinski definition) is 3. The second-order valence-corrected chi connectivity index (χ2v) is 7.22. The molecule has 0 fully saturated rings. The van der Waals surface area contributed by atoms with Crippen LogP contribution >= 0.6 is 0 Å². The number of amides is 1. The summed E-state index contributed by atoms with van der Waals surface area (Å²) in [5.74, 6) is 3.03. The number of terminal acetylenes is 1. The SMILES string of the molecule is C#CC.C=Cc1cc(C)cc(C)c1NC(=O)c1ccc(C)o1.CC.CC.Cc1ccc(CC#N)cc1. The molecule has 0 radical (unpaired) electrons. The van der Waals surface area contributed by atoms with Gasteiger partial charge in [0.1, 0.15) is 5.76 Å². The smallest absolute Gasteiger partial charge is 0.291 e. The van der Waals surface area contributed by atoms with Crippen molar-refractivity contribution in [2.75, 3.05) is 5.32 Å². The molecule has 0 aliphatic rings. The maximum atomic E-state index is 12.1. The molecule has 0 bridgehead atoms. The largest absolute Gasteiger partial charge is 0.456 e. The van der Waals surface area contributed by atoms with Gasteiger partial charge in [0.15, 0.2) is 5.76 Å². The number of nitrogens with zero attached hydrogens (tertiary/aromatic N) is 1. The van der Waals surface area contributed by atoms with Gasteiger partial charge in [-0.25, -0.2) is 0 Å². The summed E-state index contributed by atoms with van der Waals surface area (Å²) < 4.78 is 5.32. The quantitative estimate of drug-likeness (QED) is 0.374. The number of nitrogens with one attached hydrogen (secondary N) is 1. The number of anilines is 1. The third kappa shape index (κ3) is 13.0. The van der Waals surface area contributed by atoms with Crippen LogP contribution in [0.1, 0.15) is 78.8 Å². The first-order valence-corrected chi connectivity index (χ1v) is 12.2. The van der Waals surface area contributed by atoms with Crippen LogP contribution in [0.2, 0.25) is 0 Å². The minimum atomic E-state index is -0.247. The highest BCUT2D eigenvalue weighted by atomic mass is 16.3. The van der Waals surface area contributed by atoms with Crippen molar-refractivity contribution in [2.24, 2.45) is 0 Å². The zero-order valence-corrected chi connectivity index (χ0v) is 23.5. The Balaban J connectivity index is 0. The van der Waals surface area contributed by atoms with Gasteiger partial charge in [0, 0.05) is 0 Å². The zero-order chi connectivity index (χ0) is 28.1. The average Bonchev–Trinajstić information content (AvgIpc) is 3.32. The number of carbonyl (C=O) groups is 1. The molecule has 4 heteroatoms. The van der Waals surface area contributed by atoms with Gasteiger partial charge in [-0.1, -0.05) is 81.8 Å². The van der Waals surface area contributed by atoms with Crippen molar-refractivity contribution in [3.05, 3.63) is 94.4 Å². The van der Waals surface area contributed by atoms with Crippen LogP contribution in [0.5, 0.6) is 0 Å². The molecule has 2 aromatic carbocycles. The number of nitriles is 1. The summed E-state index contributed by atoms with van der Waals surface area (Å²) in [6.07, 6.45) is 6.85. The molecule has 1 heterocycles. The van der Waals surface area contributed by atoms with Crippen LogP contribution in [-0.2, 0) is 6.42 Å². The number of furan rings is 1. The second-order valence-electron chi connectivity index (χ2n) is 7.22. The summed E-state index contributed by atoms with van der Waals surface area (Å²) >= 11 is 0. The molecule has 3 aromatic rings.